The Hall–Kier alpha value is -0.980. The van der Waals surface area contributed by atoms with Crippen LogP contribution in [0, 0.1) is 5.92 Å². The van der Waals surface area contributed by atoms with Crippen molar-refractivity contribution in [1.82, 2.24) is 0 Å². The van der Waals surface area contributed by atoms with Crippen LogP contribution in [0.25, 0.3) is 0 Å². The molecular weight excluding hydrogens is 182 g/mol. The number of nitrogens with two attached hydrogens (primary N) is 1. The van der Waals surface area contributed by atoms with Crippen molar-refractivity contribution in [2.24, 2.45) is 5.92 Å². The molecule has 1 aliphatic carbocycles. The van der Waals surface area contributed by atoms with Gasteiger partial charge in [-0.05, 0) is 41.7 Å². The Balaban J connectivity index is 2.34. The first kappa shape index (κ1) is 10.5. The first-order valence-corrected chi connectivity index (χ1v) is 5.99. The van der Waals surface area contributed by atoms with Gasteiger partial charge >= 0.3 is 0 Å². The third-order valence-electron chi connectivity index (χ3n) is 3.62. The predicted octanol–water partition coefficient (Wildman–Crippen LogP) is 3.91. The summed E-state index contributed by atoms with van der Waals surface area (Å²) in [7, 11) is 0. The lowest BCUT2D eigenvalue weighted by Gasteiger charge is -2.18. The molecule has 1 atom stereocenters. The maximum absolute atomic E-state index is 6.25. The molecule has 82 valence electrons. The molecule has 1 aliphatic rings. The average Bonchev–Trinajstić information content (AvgIpc) is 3.00. The summed E-state index contributed by atoms with van der Waals surface area (Å²) >= 11 is 0. The molecule has 15 heavy (non-hydrogen) atoms. The number of benzene rings is 1. The molecule has 0 unspecified atom stereocenters. The van der Waals surface area contributed by atoms with E-state index < -0.39 is 0 Å². The highest BCUT2D eigenvalue weighted by atomic mass is 14.6. The van der Waals surface area contributed by atoms with Crippen molar-refractivity contribution in [2.45, 2.75) is 45.4 Å². The van der Waals surface area contributed by atoms with Crippen molar-refractivity contribution < 1.29 is 0 Å². The smallest absolute Gasteiger partial charge is 0.0384 e. The average molecular weight is 203 g/mol. The quantitative estimate of drug-likeness (QED) is 0.741. The highest BCUT2D eigenvalue weighted by Crippen LogP contribution is 2.44. The van der Waals surface area contributed by atoms with Crippen LogP contribution < -0.4 is 5.73 Å². The second-order valence-corrected chi connectivity index (χ2v) is 5.13. The van der Waals surface area contributed by atoms with E-state index in [0.717, 1.165) is 11.6 Å². The number of anilines is 1. The van der Waals surface area contributed by atoms with E-state index in [0.29, 0.717) is 11.8 Å². The van der Waals surface area contributed by atoms with Crippen LogP contribution in [0.2, 0.25) is 0 Å². The second kappa shape index (κ2) is 3.88. The number of hydrogen-bond donors (Lipinski definition) is 1. The highest BCUT2D eigenvalue weighted by Gasteiger charge is 2.30. The number of rotatable bonds is 3. The fraction of sp³-hybridized carbons (Fsp3) is 0.571. The molecule has 1 aromatic rings. The van der Waals surface area contributed by atoms with Gasteiger partial charge in [-0.1, -0.05) is 39.0 Å². The summed E-state index contributed by atoms with van der Waals surface area (Å²) in [5, 5.41) is 0. The van der Waals surface area contributed by atoms with E-state index in [-0.39, 0.29) is 0 Å². The maximum atomic E-state index is 6.25. The summed E-state index contributed by atoms with van der Waals surface area (Å²) in [4.78, 5) is 0. The molecule has 1 heteroatoms. The van der Waals surface area contributed by atoms with Crippen molar-refractivity contribution in [3.63, 3.8) is 0 Å². The lowest BCUT2D eigenvalue weighted by molar-refractivity contribution is 0.664. The summed E-state index contributed by atoms with van der Waals surface area (Å²) < 4.78 is 0. The molecule has 0 aromatic heterocycles. The SMILES string of the molecule is CC(C)c1cccc([C@@H](C)C2CC2)c1N. The second-order valence-electron chi connectivity index (χ2n) is 5.13. The van der Waals surface area contributed by atoms with E-state index in [1.807, 2.05) is 0 Å². The van der Waals surface area contributed by atoms with Gasteiger partial charge in [0.1, 0.15) is 0 Å². The van der Waals surface area contributed by atoms with Crippen LogP contribution in [-0.2, 0) is 0 Å². The Kier molecular flexibility index (Phi) is 2.72. The Morgan fingerprint density at radius 2 is 1.73 bits per heavy atom. The van der Waals surface area contributed by atoms with Gasteiger partial charge in [0.2, 0.25) is 0 Å². The van der Waals surface area contributed by atoms with Crippen LogP contribution in [0.1, 0.15) is 56.6 Å². The molecule has 0 amide bonds. The summed E-state index contributed by atoms with van der Waals surface area (Å²) in [5.74, 6) is 2.05. The molecule has 0 heterocycles. The molecule has 2 N–H and O–H groups in total. The molecule has 1 aromatic carbocycles. The molecular formula is C14H21N. The Labute approximate surface area is 92.7 Å². The zero-order valence-electron chi connectivity index (χ0n) is 9.96. The summed E-state index contributed by atoms with van der Waals surface area (Å²) in [6, 6.07) is 6.51. The topological polar surface area (TPSA) is 26.0 Å². The van der Waals surface area contributed by atoms with Crippen molar-refractivity contribution >= 4 is 5.69 Å². The van der Waals surface area contributed by atoms with Crippen LogP contribution >= 0.6 is 0 Å². The van der Waals surface area contributed by atoms with E-state index in [9.17, 15) is 0 Å². The molecule has 0 bridgehead atoms. The molecule has 2 rings (SSSR count). The van der Waals surface area contributed by atoms with Crippen LogP contribution in [0.5, 0.6) is 0 Å². The molecule has 0 aliphatic heterocycles. The highest BCUT2D eigenvalue weighted by molar-refractivity contribution is 5.56. The van der Waals surface area contributed by atoms with E-state index in [1.54, 1.807) is 0 Å². The normalized spacial score (nSPS) is 18.1. The molecule has 0 saturated heterocycles. The van der Waals surface area contributed by atoms with Crippen molar-refractivity contribution in [3.05, 3.63) is 29.3 Å². The standard InChI is InChI=1S/C14H21N/c1-9(2)12-5-4-6-13(14(12)15)10(3)11-7-8-11/h4-6,9-11H,7-8,15H2,1-3H3/t10-/m0/s1. The van der Waals surface area contributed by atoms with Gasteiger partial charge in [0, 0.05) is 5.69 Å². The fourth-order valence-corrected chi connectivity index (χ4v) is 2.35. The van der Waals surface area contributed by atoms with Crippen molar-refractivity contribution in [2.75, 3.05) is 5.73 Å². The maximum Gasteiger partial charge on any atom is 0.0384 e. The third-order valence-corrected chi connectivity index (χ3v) is 3.62. The summed E-state index contributed by atoms with van der Waals surface area (Å²) in [6.45, 7) is 6.72. The molecule has 0 radical (unpaired) electrons. The van der Waals surface area contributed by atoms with Crippen LogP contribution in [-0.4, -0.2) is 0 Å². The largest absolute Gasteiger partial charge is 0.398 e. The van der Waals surface area contributed by atoms with Crippen molar-refractivity contribution in [3.8, 4) is 0 Å². The van der Waals surface area contributed by atoms with E-state index >= 15 is 0 Å². The van der Waals surface area contributed by atoms with Crippen LogP contribution in [0.15, 0.2) is 18.2 Å². The van der Waals surface area contributed by atoms with Crippen LogP contribution in [0.4, 0.5) is 5.69 Å². The number of hydrogen-bond acceptors (Lipinski definition) is 1. The minimum Gasteiger partial charge on any atom is -0.398 e. The molecule has 0 spiro atoms. The fourth-order valence-electron chi connectivity index (χ4n) is 2.35. The van der Waals surface area contributed by atoms with Gasteiger partial charge in [-0.3, -0.25) is 0 Å². The minimum atomic E-state index is 0.524. The number of nitrogen functional groups attached to an aromatic ring is 1. The zero-order chi connectivity index (χ0) is 11.0. The van der Waals surface area contributed by atoms with Crippen molar-refractivity contribution in [1.29, 1.82) is 0 Å². The zero-order valence-corrected chi connectivity index (χ0v) is 9.96. The third kappa shape index (κ3) is 2.01. The summed E-state index contributed by atoms with van der Waals surface area (Å²) in [5.41, 5.74) is 9.96. The van der Waals surface area contributed by atoms with Gasteiger partial charge in [-0.15, -0.1) is 0 Å². The molecule has 1 saturated carbocycles. The molecule has 1 nitrogen and oxygen atoms in total. The number of para-hydroxylation sites is 1. The minimum absolute atomic E-state index is 0.524. The van der Waals surface area contributed by atoms with Crippen LogP contribution in [0.3, 0.4) is 0 Å². The van der Waals surface area contributed by atoms with E-state index in [1.165, 1.54) is 24.0 Å². The molecule has 1 fully saturated rings. The summed E-state index contributed by atoms with van der Waals surface area (Å²) in [6.07, 6.45) is 2.76. The predicted molar refractivity (Wildman–Crippen MR) is 66.1 cm³/mol. The van der Waals surface area contributed by atoms with Gasteiger partial charge in [-0.2, -0.15) is 0 Å². The van der Waals surface area contributed by atoms with Gasteiger partial charge in [0.25, 0.3) is 0 Å². The lowest BCUT2D eigenvalue weighted by atomic mass is 9.90. The van der Waals surface area contributed by atoms with Gasteiger partial charge < -0.3 is 5.73 Å². The first-order chi connectivity index (χ1) is 7.11. The lowest BCUT2D eigenvalue weighted by Crippen LogP contribution is -2.05. The monoisotopic (exact) mass is 203 g/mol. The Morgan fingerprint density at radius 3 is 2.27 bits per heavy atom. The van der Waals surface area contributed by atoms with E-state index in [4.69, 9.17) is 5.73 Å². The van der Waals surface area contributed by atoms with Gasteiger partial charge in [0.05, 0.1) is 0 Å². The Bertz CT molecular complexity index is 350. The van der Waals surface area contributed by atoms with E-state index in [2.05, 4.69) is 39.0 Å². The van der Waals surface area contributed by atoms with Gasteiger partial charge in [0.15, 0.2) is 0 Å². The Morgan fingerprint density at radius 1 is 1.13 bits per heavy atom. The first-order valence-electron chi connectivity index (χ1n) is 5.99. The van der Waals surface area contributed by atoms with Gasteiger partial charge in [-0.25, -0.2) is 0 Å².